The number of rotatable bonds is 7. The fourth-order valence-corrected chi connectivity index (χ4v) is 4.90. The van der Waals surface area contributed by atoms with Crippen molar-refractivity contribution in [3.8, 4) is 22.8 Å². The Labute approximate surface area is 214 Å². The van der Waals surface area contributed by atoms with Gasteiger partial charge in [0.15, 0.2) is 0 Å². The van der Waals surface area contributed by atoms with Gasteiger partial charge in [-0.3, -0.25) is 14.5 Å². The number of aryl methyl sites for hydroxylation is 1. The van der Waals surface area contributed by atoms with Crippen LogP contribution in [-0.4, -0.2) is 30.5 Å². The molecule has 0 saturated carbocycles. The number of halogens is 1. The molecule has 0 saturated heterocycles. The normalized spacial score (nSPS) is 12.9. The van der Waals surface area contributed by atoms with Crippen molar-refractivity contribution in [3.63, 3.8) is 0 Å². The van der Waals surface area contributed by atoms with Crippen molar-refractivity contribution in [1.29, 1.82) is 0 Å². The third-order valence-electron chi connectivity index (χ3n) is 5.95. The fourth-order valence-electron chi connectivity index (χ4n) is 4.34. The van der Waals surface area contributed by atoms with E-state index in [9.17, 15) is 17.6 Å². The number of ether oxygens (including phenoxy) is 1. The van der Waals surface area contributed by atoms with E-state index in [-0.39, 0.29) is 11.7 Å². The van der Waals surface area contributed by atoms with Gasteiger partial charge in [-0.05, 0) is 72.6 Å². The molecule has 1 aliphatic rings. The van der Waals surface area contributed by atoms with Gasteiger partial charge in [-0.15, -0.1) is 0 Å². The highest BCUT2D eigenvalue weighted by Gasteiger charge is 2.30. The summed E-state index contributed by atoms with van der Waals surface area (Å²) in [6.45, 7) is 2.68. The van der Waals surface area contributed by atoms with Crippen LogP contribution in [0, 0.1) is 12.7 Å². The van der Waals surface area contributed by atoms with E-state index in [2.05, 4.69) is 9.71 Å². The standard InChI is InChI=1S/C28H24FN3O4S/c1-18-27-21(15-26(30-18)20-4-3-5-23(14-20)31-37(2,34)35)17-32(28(27)33)16-19-6-10-24(11-7-19)36-25-12-8-22(29)9-13-25/h3-15,31H,16-17H2,1-2H3. The molecular formula is C28H24FN3O4S. The van der Waals surface area contributed by atoms with E-state index in [1.165, 1.54) is 12.1 Å². The first kappa shape index (κ1) is 24.5. The minimum absolute atomic E-state index is 0.0781. The zero-order valence-corrected chi connectivity index (χ0v) is 21.0. The number of benzene rings is 3. The lowest BCUT2D eigenvalue weighted by Gasteiger charge is -2.16. The second-order valence-electron chi connectivity index (χ2n) is 8.94. The highest BCUT2D eigenvalue weighted by molar-refractivity contribution is 7.92. The van der Waals surface area contributed by atoms with Gasteiger partial charge in [-0.1, -0.05) is 24.3 Å². The fraction of sp³-hybridized carbons (Fsp3) is 0.143. The molecule has 3 aromatic carbocycles. The van der Waals surface area contributed by atoms with Crippen molar-refractivity contribution in [2.75, 3.05) is 11.0 Å². The molecule has 0 fully saturated rings. The maximum atomic E-state index is 13.2. The van der Waals surface area contributed by atoms with Crippen molar-refractivity contribution >= 4 is 21.6 Å². The van der Waals surface area contributed by atoms with Crippen molar-refractivity contribution in [3.05, 3.63) is 107 Å². The van der Waals surface area contributed by atoms with Crippen LogP contribution in [-0.2, 0) is 23.1 Å². The van der Waals surface area contributed by atoms with E-state index >= 15 is 0 Å². The van der Waals surface area contributed by atoms with Gasteiger partial charge >= 0.3 is 0 Å². The molecule has 0 bridgehead atoms. The molecule has 0 spiro atoms. The summed E-state index contributed by atoms with van der Waals surface area (Å²) in [5, 5.41) is 0. The topological polar surface area (TPSA) is 88.6 Å². The van der Waals surface area contributed by atoms with Gasteiger partial charge in [0, 0.05) is 24.3 Å². The van der Waals surface area contributed by atoms with E-state index in [0.717, 1.165) is 22.9 Å². The Kier molecular flexibility index (Phi) is 6.39. The number of pyridine rings is 1. The lowest BCUT2D eigenvalue weighted by Crippen LogP contribution is -2.23. The summed E-state index contributed by atoms with van der Waals surface area (Å²) >= 11 is 0. The molecule has 2 heterocycles. The molecule has 4 aromatic rings. The minimum atomic E-state index is -3.40. The third kappa shape index (κ3) is 5.62. The van der Waals surface area contributed by atoms with Crippen LogP contribution < -0.4 is 9.46 Å². The summed E-state index contributed by atoms with van der Waals surface area (Å²) in [5.74, 6) is 0.749. The average molecular weight is 518 g/mol. The second kappa shape index (κ2) is 9.67. The number of hydrogen-bond acceptors (Lipinski definition) is 5. The van der Waals surface area contributed by atoms with Gasteiger partial charge in [0.25, 0.3) is 5.91 Å². The van der Waals surface area contributed by atoms with Crippen molar-refractivity contribution in [2.24, 2.45) is 0 Å². The Morgan fingerprint density at radius 3 is 2.35 bits per heavy atom. The number of sulfonamides is 1. The highest BCUT2D eigenvalue weighted by atomic mass is 32.2. The average Bonchev–Trinajstić information content (AvgIpc) is 3.16. The smallest absolute Gasteiger partial charge is 0.256 e. The molecule has 1 amide bonds. The number of aromatic nitrogens is 1. The number of nitrogens with one attached hydrogen (secondary N) is 1. The van der Waals surface area contributed by atoms with Gasteiger partial charge in [0.1, 0.15) is 17.3 Å². The number of fused-ring (bicyclic) bond motifs is 1. The molecule has 1 aromatic heterocycles. The van der Waals surface area contributed by atoms with Crippen molar-refractivity contribution < 1.29 is 22.3 Å². The Bertz CT molecular complexity index is 1590. The molecule has 188 valence electrons. The number of anilines is 1. The van der Waals surface area contributed by atoms with Gasteiger partial charge < -0.3 is 9.64 Å². The summed E-state index contributed by atoms with van der Waals surface area (Å²) in [7, 11) is -3.40. The first-order chi connectivity index (χ1) is 17.6. The lowest BCUT2D eigenvalue weighted by molar-refractivity contribution is 0.0766. The Morgan fingerprint density at radius 1 is 1.00 bits per heavy atom. The van der Waals surface area contributed by atoms with E-state index < -0.39 is 10.0 Å². The largest absolute Gasteiger partial charge is 0.457 e. The quantitative estimate of drug-likeness (QED) is 0.349. The van der Waals surface area contributed by atoms with Gasteiger partial charge in [0.2, 0.25) is 10.0 Å². The van der Waals surface area contributed by atoms with Crippen LogP contribution in [0.2, 0.25) is 0 Å². The van der Waals surface area contributed by atoms with E-state index in [1.54, 1.807) is 35.2 Å². The van der Waals surface area contributed by atoms with Crippen LogP contribution in [0.3, 0.4) is 0 Å². The van der Waals surface area contributed by atoms with E-state index in [1.807, 2.05) is 43.3 Å². The lowest BCUT2D eigenvalue weighted by atomic mass is 10.0. The van der Waals surface area contributed by atoms with Crippen LogP contribution in [0.5, 0.6) is 11.5 Å². The van der Waals surface area contributed by atoms with Crippen molar-refractivity contribution in [2.45, 2.75) is 20.0 Å². The SMILES string of the molecule is Cc1nc(-c2cccc(NS(C)(=O)=O)c2)cc2c1C(=O)N(Cc1ccc(Oc3ccc(F)cc3)cc1)C2. The van der Waals surface area contributed by atoms with Crippen LogP contribution in [0.25, 0.3) is 11.3 Å². The van der Waals surface area contributed by atoms with E-state index in [0.29, 0.717) is 47.2 Å². The van der Waals surface area contributed by atoms with Gasteiger partial charge in [-0.2, -0.15) is 0 Å². The molecule has 37 heavy (non-hydrogen) atoms. The molecule has 1 N–H and O–H groups in total. The second-order valence-corrected chi connectivity index (χ2v) is 10.7. The molecule has 0 aliphatic carbocycles. The monoisotopic (exact) mass is 517 g/mol. The molecular weight excluding hydrogens is 493 g/mol. The Morgan fingerprint density at radius 2 is 1.68 bits per heavy atom. The number of amides is 1. The molecule has 5 rings (SSSR count). The van der Waals surface area contributed by atoms with Gasteiger partial charge in [-0.25, -0.2) is 12.8 Å². The number of nitrogens with zero attached hydrogens (tertiary/aromatic N) is 2. The molecule has 9 heteroatoms. The predicted molar refractivity (Wildman–Crippen MR) is 139 cm³/mol. The summed E-state index contributed by atoms with van der Waals surface area (Å²) in [4.78, 5) is 19.6. The van der Waals surface area contributed by atoms with E-state index in [4.69, 9.17) is 4.74 Å². The highest BCUT2D eigenvalue weighted by Crippen LogP contribution is 2.31. The van der Waals surface area contributed by atoms with Crippen LogP contribution >= 0.6 is 0 Å². The number of hydrogen-bond donors (Lipinski definition) is 1. The van der Waals surface area contributed by atoms with Crippen LogP contribution in [0.1, 0.15) is 27.2 Å². The predicted octanol–water partition coefficient (Wildman–Crippen LogP) is 5.52. The molecule has 0 unspecified atom stereocenters. The van der Waals surface area contributed by atoms with Gasteiger partial charge in [0.05, 0.1) is 23.2 Å². The first-order valence-corrected chi connectivity index (χ1v) is 13.4. The third-order valence-corrected chi connectivity index (χ3v) is 6.56. The molecule has 0 atom stereocenters. The summed E-state index contributed by atoms with van der Waals surface area (Å²) in [6.07, 6.45) is 1.10. The maximum Gasteiger partial charge on any atom is 0.256 e. The number of carbonyl (C=O) groups excluding carboxylic acids is 1. The van der Waals surface area contributed by atoms with Crippen molar-refractivity contribution in [1.82, 2.24) is 9.88 Å². The van der Waals surface area contributed by atoms with Crippen LogP contribution in [0.15, 0.2) is 78.9 Å². The zero-order valence-electron chi connectivity index (χ0n) is 20.2. The maximum absolute atomic E-state index is 13.2. The Balaban J connectivity index is 1.31. The Hall–Kier alpha value is -4.24. The first-order valence-electron chi connectivity index (χ1n) is 11.5. The zero-order chi connectivity index (χ0) is 26.2. The summed E-state index contributed by atoms with van der Waals surface area (Å²) < 4.78 is 44.5. The summed E-state index contributed by atoms with van der Waals surface area (Å²) in [6, 6.07) is 22.1. The number of carbonyl (C=O) groups is 1. The minimum Gasteiger partial charge on any atom is -0.457 e. The summed E-state index contributed by atoms with van der Waals surface area (Å²) in [5.41, 5.74) is 4.93. The molecule has 7 nitrogen and oxygen atoms in total. The molecule has 0 radical (unpaired) electrons. The molecule has 1 aliphatic heterocycles. The van der Waals surface area contributed by atoms with Crippen LogP contribution in [0.4, 0.5) is 10.1 Å².